The molecule has 0 atom stereocenters. The number of nitrogens with one attached hydrogen (secondary N) is 1. The number of para-hydroxylation sites is 1. The molecule has 2 rings (SSSR count). The van der Waals surface area contributed by atoms with Crippen LogP contribution in [-0.4, -0.2) is 11.0 Å². The van der Waals surface area contributed by atoms with Crippen LogP contribution in [0.2, 0.25) is 0 Å². The summed E-state index contributed by atoms with van der Waals surface area (Å²) in [6.45, 7) is 0. The Labute approximate surface area is 134 Å². The Hall–Kier alpha value is -2.65. The summed E-state index contributed by atoms with van der Waals surface area (Å²) in [5.74, 6) is -1.43. The number of phenolic OH excluding ortho intramolecular Hbond substituents is 1. The van der Waals surface area contributed by atoms with Gasteiger partial charge in [-0.2, -0.15) is 5.26 Å². The summed E-state index contributed by atoms with van der Waals surface area (Å²) in [7, 11) is 0. The number of carbonyl (C=O) groups excluding carboxylic acids is 1. The van der Waals surface area contributed by atoms with Crippen molar-refractivity contribution in [3.63, 3.8) is 0 Å². The summed E-state index contributed by atoms with van der Waals surface area (Å²) in [5, 5.41) is 21.1. The number of rotatable bonds is 3. The molecule has 4 nitrogen and oxygen atoms in total. The fraction of sp³-hybridized carbons (Fsp3) is 0. The quantitative estimate of drug-likeness (QED) is 0.645. The zero-order valence-electron chi connectivity index (χ0n) is 11.2. The van der Waals surface area contributed by atoms with Gasteiger partial charge < -0.3 is 10.4 Å². The van der Waals surface area contributed by atoms with Crippen molar-refractivity contribution in [1.82, 2.24) is 0 Å². The first kappa shape index (κ1) is 15.7. The number of anilines is 1. The third kappa shape index (κ3) is 3.71. The molecule has 0 aliphatic carbocycles. The number of nitriles is 1. The van der Waals surface area contributed by atoms with E-state index in [0.29, 0.717) is 10.0 Å². The van der Waals surface area contributed by atoms with Gasteiger partial charge in [-0.3, -0.25) is 4.79 Å². The number of amides is 1. The zero-order valence-corrected chi connectivity index (χ0v) is 12.8. The number of aromatic hydroxyl groups is 1. The Bertz CT molecular complexity index is 797. The van der Waals surface area contributed by atoms with E-state index in [1.165, 1.54) is 30.3 Å². The van der Waals surface area contributed by atoms with Crippen molar-refractivity contribution in [3.05, 3.63) is 63.9 Å². The average Bonchev–Trinajstić information content (AvgIpc) is 2.50. The van der Waals surface area contributed by atoms with Crippen molar-refractivity contribution in [1.29, 1.82) is 5.26 Å². The molecule has 0 aromatic heterocycles. The summed E-state index contributed by atoms with van der Waals surface area (Å²) in [6, 6.07) is 12.0. The minimum atomic E-state index is -0.757. The Kier molecular flexibility index (Phi) is 4.92. The van der Waals surface area contributed by atoms with E-state index in [9.17, 15) is 14.3 Å². The molecule has 110 valence electrons. The van der Waals surface area contributed by atoms with Gasteiger partial charge >= 0.3 is 0 Å². The first-order valence-corrected chi connectivity index (χ1v) is 6.97. The topological polar surface area (TPSA) is 73.1 Å². The highest BCUT2D eigenvalue weighted by Crippen LogP contribution is 2.24. The third-order valence-electron chi connectivity index (χ3n) is 2.78. The molecule has 0 aliphatic heterocycles. The molecule has 22 heavy (non-hydrogen) atoms. The minimum absolute atomic E-state index is 0.0212. The summed E-state index contributed by atoms with van der Waals surface area (Å²) in [4.78, 5) is 12.0. The molecular formula is C16H10BrFN2O2. The second kappa shape index (κ2) is 6.87. The van der Waals surface area contributed by atoms with Crippen LogP contribution in [0, 0.1) is 17.1 Å². The third-order valence-corrected chi connectivity index (χ3v) is 3.27. The van der Waals surface area contributed by atoms with Crippen LogP contribution in [0.4, 0.5) is 10.1 Å². The molecule has 6 heteroatoms. The maximum absolute atomic E-state index is 13.5. The molecule has 2 N–H and O–H groups in total. The van der Waals surface area contributed by atoms with Gasteiger partial charge in [0.2, 0.25) is 0 Å². The molecule has 0 radical (unpaired) electrons. The first-order chi connectivity index (χ1) is 10.5. The maximum Gasteiger partial charge on any atom is 0.266 e. The highest BCUT2D eigenvalue weighted by molar-refractivity contribution is 9.10. The standard InChI is InChI=1S/C16H10BrFN2O2/c17-12-5-6-15(21)10(8-12)7-11(9-19)16(22)20-14-4-2-1-3-13(14)18/h1-8,21H,(H,20,22)/b11-7+. The number of halogens is 2. The van der Waals surface area contributed by atoms with Crippen molar-refractivity contribution in [2.75, 3.05) is 5.32 Å². The lowest BCUT2D eigenvalue weighted by molar-refractivity contribution is -0.112. The van der Waals surface area contributed by atoms with Gasteiger partial charge in [0.25, 0.3) is 5.91 Å². The Morgan fingerprint density at radius 3 is 2.73 bits per heavy atom. The van der Waals surface area contributed by atoms with E-state index in [2.05, 4.69) is 21.2 Å². The van der Waals surface area contributed by atoms with Gasteiger partial charge in [-0.05, 0) is 36.4 Å². The number of benzene rings is 2. The smallest absolute Gasteiger partial charge is 0.266 e. The Balaban J connectivity index is 2.30. The lowest BCUT2D eigenvalue weighted by Crippen LogP contribution is -2.14. The molecule has 0 saturated heterocycles. The number of phenols is 1. The molecule has 0 fully saturated rings. The number of hydrogen-bond acceptors (Lipinski definition) is 3. The van der Waals surface area contributed by atoms with Crippen molar-refractivity contribution in [2.45, 2.75) is 0 Å². The van der Waals surface area contributed by atoms with Crippen molar-refractivity contribution < 1.29 is 14.3 Å². The van der Waals surface area contributed by atoms with E-state index in [0.717, 1.165) is 0 Å². The predicted octanol–water partition coefficient (Wildman–Crippen LogP) is 3.84. The second-order valence-electron chi connectivity index (χ2n) is 4.31. The molecule has 0 aliphatic rings. The molecule has 0 heterocycles. The van der Waals surface area contributed by atoms with E-state index in [1.54, 1.807) is 24.3 Å². The molecule has 2 aromatic rings. The molecule has 0 unspecified atom stereocenters. The normalized spacial score (nSPS) is 10.9. The molecular weight excluding hydrogens is 351 g/mol. The SMILES string of the molecule is N#C/C(=C\c1cc(Br)ccc1O)C(=O)Nc1ccccc1F. The first-order valence-electron chi connectivity index (χ1n) is 6.17. The van der Waals surface area contributed by atoms with Gasteiger partial charge in [0.15, 0.2) is 0 Å². The van der Waals surface area contributed by atoms with Crippen LogP contribution in [0.15, 0.2) is 52.5 Å². The Morgan fingerprint density at radius 2 is 2.05 bits per heavy atom. The molecule has 0 saturated carbocycles. The van der Waals surface area contributed by atoms with Crippen LogP contribution in [0.3, 0.4) is 0 Å². The van der Waals surface area contributed by atoms with Crippen LogP contribution in [-0.2, 0) is 4.79 Å². The van der Waals surface area contributed by atoms with E-state index in [-0.39, 0.29) is 17.0 Å². The number of nitrogens with zero attached hydrogens (tertiary/aromatic N) is 1. The van der Waals surface area contributed by atoms with Crippen LogP contribution in [0.25, 0.3) is 6.08 Å². The zero-order chi connectivity index (χ0) is 16.1. The molecule has 2 aromatic carbocycles. The van der Waals surface area contributed by atoms with Crippen LogP contribution >= 0.6 is 15.9 Å². The predicted molar refractivity (Wildman–Crippen MR) is 84.4 cm³/mol. The summed E-state index contributed by atoms with van der Waals surface area (Å²) >= 11 is 3.24. The summed E-state index contributed by atoms with van der Waals surface area (Å²) < 4.78 is 14.2. The van der Waals surface area contributed by atoms with Crippen molar-refractivity contribution in [2.24, 2.45) is 0 Å². The molecule has 0 spiro atoms. The van der Waals surface area contributed by atoms with E-state index in [4.69, 9.17) is 5.26 Å². The van der Waals surface area contributed by atoms with Crippen LogP contribution in [0.1, 0.15) is 5.56 Å². The van der Waals surface area contributed by atoms with E-state index >= 15 is 0 Å². The minimum Gasteiger partial charge on any atom is -0.507 e. The maximum atomic E-state index is 13.5. The van der Waals surface area contributed by atoms with Crippen LogP contribution < -0.4 is 5.32 Å². The second-order valence-corrected chi connectivity index (χ2v) is 5.22. The molecule has 0 bridgehead atoms. The lowest BCUT2D eigenvalue weighted by Gasteiger charge is -2.06. The van der Waals surface area contributed by atoms with Crippen molar-refractivity contribution in [3.8, 4) is 11.8 Å². The van der Waals surface area contributed by atoms with Gasteiger partial charge in [-0.15, -0.1) is 0 Å². The van der Waals surface area contributed by atoms with E-state index < -0.39 is 11.7 Å². The summed E-state index contributed by atoms with van der Waals surface area (Å²) in [6.07, 6.45) is 1.23. The van der Waals surface area contributed by atoms with Gasteiger partial charge in [0.05, 0.1) is 5.69 Å². The van der Waals surface area contributed by atoms with Gasteiger partial charge in [-0.25, -0.2) is 4.39 Å². The largest absolute Gasteiger partial charge is 0.507 e. The highest BCUT2D eigenvalue weighted by atomic mass is 79.9. The fourth-order valence-corrected chi connectivity index (χ4v) is 2.08. The average molecular weight is 361 g/mol. The lowest BCUT2D eigenvalue weighted by atomic mass is 10.1. The van der Waals surface area contributed by atoms with Gasteiger partial charge in [-0.1, -0.05) is 28.1 Å². The molecule has 1 amide bonds. The summed E-state index contributed by atoms with van der Waals surface area (Å²) in [5.41, 5.74) is 0.0263. The Morgan fingerprint density at radius 1 is 1.32 bits per heavy atom. The number of hydrogen-bond donors (Lipinski definition) is 2. The van der Waals surface area contributed by atoms with Gasteiger partial charge in [0, 0.05) is 10.0 Å². The van der Waals surface area contributed by atoms with Crippen LogP contribution in [0.5, 0.6) is 5.75 Å². The van der Waals surface area contributed by atoms with Crippen molar-refractivity contribution >= 4 is 33.6 Å². The van der Waals surface area contributed by atoms with Gasteiger partial charge in [0.1, 0.15) is 23.2 Å². The van der Waals surface area contributed by atoms with E-state index in [1.807, 2.05) is 0 Å². The number of carbonyl (C=O) groups is 1. The monoisotopic (exact) mass is 360 g/mol. The fourth-order valence-electron chi connectivity index (χ4n) is 1.70. The highest BCUT2D eigenvalue weighted by Gasteiger charge is 2.12.